The molecule has 1 aliphatic carbocycles. The van der Waals surface area contributed by atoms with Gasteiger partial charge in [0.05, 0.1) is 12.2 Å². The van der Waals surface area contributed by atoms with E-state index in [1.165, 1.54) is 25.7 Å². The van der Waals surface area contributed by atoms with Crippen molar-refractivity contribution in [1.82, 2.24) is 0 Å². The highest BCUT2D eigenvalue weighted by Crippen LogP contribution is 2.25. The summed E-state index contributed by atoms with van der Waals surface area (Å²) in [6, 6.07) is 7.02. The van der Waals surface area contributed by atoms with Crippen LogP contribution in [0.25, 0.3) is 0 Å². The third-order valence-electron chi connectivity index (χ3n) is 3.11. The quantitative estimate of drug-likeness (QED) is 0.628. The van der Waals surface area contributed by atoms with E-state index in [-0.39, 0.29) is 5.97 Å². The van der Waals surface area contributed by atoms with Crippen molar-refractivity contribution in [3.63, 3.8) is 0 Å². The third kappa shape index (κ3) is 2.54. The number of esters is 1. The molecule has 0 spiro atoms. The first-order valence-corrected chi connectivity index (χ1v) is 5.79. The first kappa shape index (κ1) is 11.0. The summed E-state index contributed by atoms with van der Waals surface area (Å²) in [6.45, 7) is 0.535. The Morgan fingerprint density at radius 1 is 1.31 bits per heavy atom. The molecule has 0 amide bonds. The van der Waals surface area contributed by atoms with Crippen LogP contribution in [-0.2, 0) is 4.74 Å². The molecule has 16 heavy (non-hydrogen) atoms. The Labute approximate surface area is 95.6 Å². The van der Waals surface area contributed by atoms with E-state index in [0.717, 1.165) is 0 Å². The van der Waals surface area contributed by atoms with Crippen molar-refractivity contribution in [1.29, 1.82) is 0 Å². The molecule has 0 heterocycles. The Morgan fingerprint density at radius 2 is 2.00 bits per heavy atom. The monoisotopic (exact) mass is 219 g/mol. The number of hydrogen-bond acceptors (Lipinski definition) is 3. The predicted molar refractivity (Wildman–Crippen MR) is 63.1 cm³/mol. The number of hydrogen-bond donors (Lipinski definition) is 1. The lowest BCUT2D eigenvalue weighted by Crippen LogP contribution is -2.13. The molecule has 1 aliphatic rings. The van der Waals surface area contributed by atoms with Crippen molar-refractivity contribution in [3.05, 3.63) is 29.8 Å². The van der Waals surface area contributed by atoms with Gasteiger partial charge in [-0.15, -0.1) is 0 Å². The zero-order valence-electron chi connectivity index (χ0n) is 9.32. The van der Waals surface area contributed by atoms with Crippen molar-refractivity contribution in [3.8, 4) is 0 Å². The van der Waals surface area contributed by atoms with Gasteiger partial charge in [0, 0.05) is 5.69 Å². The van der Waals surface area contributed by atoms with Gasteiger partial charge >= 0.3 is 5.97 Å². The molecule has 0 atom stereocenters. The van der Waals surface area contributed by atoms with Gasteiger partial charge in [-0.2, -0.15) is 0 Å². The first-order chi connectivity index (χ1) is 7.77. The molecule has 1 aromatic rings. The highest BCUT2D eigenvalue weighted by atomic mass is 16.5. The van der Waals surface area contributed by atoms with Gasteiger partial charge in [-0.05, 0) is 30.9 Å². The molecule has 0 bridgehead atoms. The SMILES string of the molecule is Nc1ccccc1C(=O)OCC1CCCC1. The van der Waals surface area contributed by atoms with E-state index in [2.05, 4.69) is 0 Å². The number of carbonyl (C=O) groups excluding carboxylic acids is 1. The summed E-state index contributed by atoms with van der Waals surface area (Å²) in [7, 11) is 0. The standard InChI is InChI=1S/C13H17NO2/c14-12-8-4-3-7-11(12)13(15)16-9-10-5-1-2-6-10/h3-4,7-8,10H,1-2,5-6,9,14H2. The zero-order chi connectivity index (χ0) is 11.4. The van der Waals surface area contributed by atoms with Gasteiger partial charge in [-0.1, -0.05) is 25.0 Å². The molecule has 1 fully saturated rings. The van der Waals surface area contributed by atoms with E-state index in [9.17, 15) is 4.79 Å². The second kappa shape index (κ2) is 5.01. The summed E-state index contributed by atoms with van der Waals surface area (Å²) in [5, 5.41) is 0. The van der Waals surface area contributed by atoms with Gasteiger partial charge in [-0.25, -0.2) is 4.79 Å². The van der Waals surface area contributed by atoms with Crippen LogP contribution >= 0.6 is 0 Å². The van der Waals surface area contributed by atoms with Crippen LogP contribution < -0.4 is 5.73 Å². The minimum Gasteiger partial charge on any atom is -0.462 e. The summed E-state index contributed by atoms with van der Waals surface area (Å²) in [4.78, 5) is 11.7. The minimum absolute atomic E-state index is 0.301. The van der Waals surface area contributed by atoms with E-state index in [4.69, 9.17) is 10.5 Å². The number of rotatable bonds is 3. The normalized spacial score (nSPS) is 16.2. The van der Waals surface area contributed by atoms with Gasteiger partial charge in [-0.3, -0.25) is 0 Å². The molecule has 1 aromatic carbocycles. The van der Waals surface area contributed by atoms with Gasteiger partial charge in [0.1, 0.15) is 0 Å². The lowest BCUT2D eigenvalue weighted by Gasteiger charge is -2.10. The fraction of sp³-hybridized carbons (Fsp3) is 0.462. The number of nitrogens with two attached hydrogens (primary N) is 1. The average molecular weight is 219 g/mol. The number of nitrogen functional groups attached to an aromatic ring is 1. The topological polar surface area (TPSA) is 52.3 Å². The van der Waals surface area contributed by atoms with Crippen molar-refractivity contribution in [2.45, 2.75) is 25.7 Å². The Bertz CT molecular complexity index is 370. The second-order valence-electron chi connectivity index (χ2n) is 4.34. The Morgan fingerprint density at radius 3 is 2.69 bits per heavy atom. The lowest BCUT2D eigenvalue weighted by atomic mass is 10.1. The maximum Gasteiger partial charge on any atom is 0.340 e. The lowest BCUT2D eigenvalue weighted by molar-refractivity contribution is 0.0444. The predicted octanol–water partition coefficient (Wildman–Crippen LogP) is 2.62. The molecule has 0 radical (unpaired) electrons. The Kier molecular flexibility index (Phi) is 3.44. The van der Waals surface area contributed by atoms with Crippen molar-refractivity contribution in [2.24, 2.45) is 5.92 Å². The summed E-state index contributed by atoms with van der Waals surface area (Å²) in [5.74, 6) is 0.249. The van der Waals surface area contributed by atoms with Crippen LogP contribution in [0.15, 0.2) is 24.3 Å². The van der Waals surface area contributed by atoms with Crippen LogP contribution in [0.1, 0.15) is 36.0 Å². The number of anilines is 1. The summed E-state index contributed by atoms with van der Waals surface area (Å²) in [5.41, 5.74) is 6.66. The molecule has 2 N–H and O–H groups in total. The number of carbonyl (C=O) groups is 1. The van der Waals surface area contributed by atoms with Crippen molar-refractivity contribution >= 4 is 11.7 Å². The van der Waals surface area contributed by atoms with E-state index < -0.39 is 0 Å². The largest absolute Gasteiger partial charge is 0.462 e. The molecule has 3 heteroatoms. The number of benzene rings is 1. The summed E-state index contributed by atoms with van der Waals surface area (Å²) in [6.07, 6.45) is 4.88. The van der Waals surface area contributed by atoms with Crippen LogP contribution in [0.4, 0.5) is 5.69 Å². The second-order valence-corrected chi connectivity index (χ2v) is 4.34. The first-order valence-electron chi connectivity index (χ1n) is 5.79. The highest BCUT2D eigenvalue weighted by Gasteiger charge is 2.18. The molecule has 3 nitrogen and oxygen atoms in total. The summed E-state index contributed by atoms with van der Waals surface area (Å²) < 4.78 is 5.27. The molecule has 1 saturated carbocycles. The number of ether oxygens (including phenoxy) is 1. The molecule has 0 aliphatic heterocycles. The highest BCUT2D eigenvalue weighted by molar-refractivity contribution is 5.94. The Balaban J connectivity index is 1.90. The van der Waals surface area contributed by atoms with Gasteiger partial charge in [0.2, 0.25) is 0 Å². The van der Waals surface area contributed by atoms with Crippen molar-refractivity contribution < 1.29 is 9.53 Å². The summed E-state index contributed by atoms with van der Waals surface area (Å²) >= 11 is 0. The van der Waals surface area contributed by atoms with Crippen LogP contribution in [0, 0.1) is 5.92 Å². The molecule has 0 saturated heterocycles. The van der Waals surface area contributed by atoms with Gasteiger partial charge in [0.25, 0.3) is 0 Å². The average Bonchev–Trinajstić information content (AvgIpc) is 2.79. The fourth-order valence-corrected chi connectivity index (χ4v) is 2.13. The van der Waals surface area contributed by atoms with Gasteiger partial charge in [0.15, 0.2) is 0 Å². The third-order valence-corrected chi connectivity index (χ3v) is 3.11. The minimum atomic E-state index is -0.301. The fourth-order valence-electron chi connectivity index (χ4n) is 2.13. The molecular weight excluding hydrogens is 202 g/mol. The molecule has 0 unspecified atom stereocenters. The van der Waals surface area contributed by atoms with Crippen LogP contribution in [0.3, 0.4) is 0 Å². The maximum absolute atomic E-state index is 11.7. The maximum atomic E-state index is 11.7. The molecule has 2 rings (SSSR count). The zero-order valence-corrected chi connectivity index (χ0v) is 9.32. The van der Waals surface area contributed by atoms with E-state index in [1.807, 2.05) is 6.07 Å². The molecule has 86 valence electrons. The van der Waals surface area contributed by atoms with Crippen LogP contribution in [0.5, 0.6) is 0 Å². The van der Waals surface area contributed by atoms with E-state index in [1.54, 1.807) is 18.2 Å². The van der Waals surface area contributed by atoms with E-state index in [0.29, 0.717) is 23.8 Å². The van der Waals surface area contributed by atoms with Crippen molar-refractivity contribution in [2.75, 3.05) is 12.3 Å². The molecular formula is C13H17NO2. The Hall–Kier alpha value is -1.51. The number of para-hydroxylation sites is 1. The molecule has 0 aromatic heterocycles. The van der Waals surface area contributed by atoms with Gasteiger partial charge < -0.3 is 10.5 Å². The smallest absolute Gasteiger partial charge is 0.340 e. The van der Waals surface area contributed by atoms with Crippen LogP contribution in [0.2, 0.25) is 0 Å². The van der Waals surface area contributed by atoms with Crippen LogP contribution in [-0.4, -0.2) is 12.6 Å². The van der Waals surface area contributed by atoms with E-state index >= 15 is 0 Å².